The Morgan fingerprint density at radius 3 is 2.29 bits per heavy atom. The minimum atomic E-state index is 0. The molecule has 14 heavy (non-hydrogen) atoms. The van der Waals surface area contributed by atoms with Crippen molar-refractivity contribution >= 4 is 11.3 Å². The van der Waals surface area contributed by atoms with Crippen LogP contribution in [0.4, 0.5) is 0 Å². The van der Waals surface area contributed by atoms with E-state index in [1.165, 1.54) is 11.1 Å². The molecule has 0 N–H and O–H groups in total. The molecule has 1 nitrogen and oxygen atoms in total. The molecule has 0 saturated carbocycles. The van der Waals surface area contributed by atoms with Gasteiger partial charge in [-0.25, -0.2) is 11.3 Å². The number of aromatic nitrogens is 1. The van der Waals surface area contributed by atoms with E-state index < -0.39 is 0 Å². The van der Waals surface area contributed by atoms with Gasteiger partial charge in [0.1, 0.15) is 0 Å². The summed E-state index contributed by atoms with van der Waals surface area (Å²) < 4.78 is 0. The minimum Gasteiger partial charge on any atom is -0.441 e. The van der Waals surface area contributed by atoms with Crippen molar-refractivity contribution < 1.29 is 32.7 Å². The predicted molar refractivity (Wildman–Crippen MR) is 55.9 cm³/mol. The van der Waals surface area contributed by atoms with Gasteiger partial charge in [-0.2, -0.15) is 0 Å². The number of hydrogen-bond donors (Lipinski definition) is 0. The molecule has 0 amide bonds. The third-order valence-corrected chi connectivity index (χ3v) is 2.78. The molecule has 69 valence electrons. The molecule has 0 fully saturated rings. The molecule has 0 spiro atoms. The van der Waals surface area contributed by atoms with Gasteiger partial charge < -0.3 is 4.98 Å². The van der Waals surface area contributed by atoms with Crippen molar-refractivity contribution in [1.82, 2.24) is 4.98 Å². The summed E-state index contributed by atoms with van der Waals surface area (Å²) in [6, 6.07) is 8.40. The summed E-state index contributed by atoms with van der Waals surface area (Å²) in [6.07, 6.45) is 2.95. The molecular formula is C11H10NSY-. The fourth-order valence-electron chi connectivity index (χ4n) is 1.14. The van der Waals surface area contributed by atoms with E-state index in [9.17, 15) is 0 Å². The van der Waals surface area contributed by atoms with E-state index in [4.69, 9.17) is 0 Å². The quantitative estimate of drug-likeness (QED) is 0.729. The van der Waals surface area contributed by atoms with Crippen molar-refractivity contribution in [2.45, 2.75) is 13.8 Å². The molecule has 0 atom stereocenters. The molecule has 1 radical (unpaired) electrons. The van der Waals surface area contributed by atoms with Crippen LogP contribution in [0.3, 0.4) is 0 Å². The first kappa shape index (κ1) is 12.0. The normalized spacial score (nSPS) is 9.57. The van der Waals surface area contributed by atoms with Gasteiger partial charge in [0.2, 0.25) is 0 Å². The van der Waals surface area contributed by atoms with Gasteiger partial charge in [-0.05, 0) is 18.9 Å². The van der Waals surface area contributed by atoms with Crippen molar-refractivity contribution in [1.29, 1.82) is 0 Å². The van der Waals surface area contributed by atoms with Crippen molar-refractivity contribution in [3.05, 3.63) is 40.9 Å². The van der Waals surface area contributed by atoms with E-state index in [2.05, 4.69) is 42.4 Å². The maximum absolute atomic E-state index is 4.21. The van der Waals surface area contributed by atoms with Crippen LogP contribution in [0.25, 0.3) is 10.6 Å². The van der Waals surface area contributed by atoms with E-state index in [1.54, 1.807) is 11.3 Å². The van der Waals surface area contributed by atoms with Crippen LogP contribution in [0.2, 0.25) is 0 Å². The Balaban J connectivity index is 0.000000980. The van der Waals surface area contributed by atoms with Gasteiger partial charge in [-0.15, -0.1) is 6.20 Å². The zero-order valence-electron chi connectivity index (χ0n) is 8.24. The zero-order valence-corrected chi connectivity index (χ0v) is 11.9. The molecule has 3 heteroatoms. The fraction of sp³-hybridized carbons (Fsp3) is 0.182. The number of hydrogen-bond acceptors (Lipinski definition) is 2. The van der Waals surface area contributed by atoms with Crippen molar-refractivity contribution in [2.75, 3.05) is 0 Å². The van der Waals surface area contributed by atoms with Crippen LogP contribution in [0, 0.1) is 20.0 Å². The number of rotatable bonds is 1. The van der Waals surface area contributed by atoms with Crippen LogP contribution in [-0.4, -0.2) is 4.98 Å². The monoisotopic (exact) mass is 277 g/mol. The van der Waals surface area contributed by atoms with Crippen LogP contribution in [0.1, 0.15) is 10.4 Å². The summed E-state index contributed by atoms with van der Waals surface area (Å²) in [5.74, 6) is 0. The van der Waals surface area contributed by atoms with Crippen LogP contribution >= 0.6 is 11.3 Å². The van der Waals surface area contributed by atoms with Crippen LogP contribution in [-0.2, 0) is 32.7 Å². The first-order valence-electron chi connectivity index (χ1n) is 4.18. The Kier molecular flexibility index (Phi) is 4.43. The number of nitrogens with zero attached hydrogens (tertiary/aromatic N) is 1. The standard InChI is InChI=1S/C11H10NS.Y/c1-8-3-5-10(6-4-8)11-12-7-9(2)13-11;/h3-6H,1-2H3;/q-1;. The molecule has 2 rings (SSSR count). The summed E-state index contributed by atoms with van der Waals surface area (Å²) in [5.41, 5.74) is 2.46. The predicted octanol–water partition coefficient (Wildman–Crippen LogP) is 3.22. The zero-order chi connectivity index (χ0) is 9.26. The average molecular weight is 277 g/mol. The second-order valence-electron chi connectivity index (χ2n) is 3.05. The van der Waals surface area contributed by atoms with Gasteiger partial charge in [0.15, 0.2) is 0 Å². The number of aryl methyl sites for hydroxylation is 2. The summed E-state index contributed by atoms with van der Waals surface area (Å²) in [4.78, 5) is 5.34. The first-order chi connectivity index (χ1) is 6.25. The Morgan fingerprint density at radius 1 is 1.14 bits per heavy atom. The Bertz CT molecular complexity index is 405. The molecule has 1 aromatic heterocycles. The topological polar surface area (TPSA) is 12.9 Å². The van der Waals surface area contributed by atoms with Crippen LogP contribution in [0.5, 0.6) is 0 Å². The van der Waals surface area contributed by atoms with E-state index in [0.29, 0.717) is 0 Å². The largest absolute Gasteiger partial charge is 0.441 e. The molecular weight excluding hydrogens is 267 g/mol. The van der Waals surface area contributed by atoms with Gasteiger partial charge >= 0.3 is 0 Å². The summed E-state index contributed by atoms with van der Waals surface area (Å²) in [5, 5.41) is 1.05. The maximum Gasteiger partial charge on any atom is 0 e. The van der Waals surface area contributed by atoms with Gasteiger partial charge in [0.05, 0.1) is 0 Å². The van der Waals surface area contributed by atoms with Gasteiger partial charge in [0.25, 0.3) is 0 Å². The Hall–Kier alpha value is -0.0461. The molecule has 0 aliphatic rings. The molecule has 0 unspecified atom stereocenters. The summed E-state index contributed by atoms with van der Waals surface area (Å²) in [6.45, 7) is 4.11. The molecule has 1 aromatic carbocycles. The molecule has 2 aromatic rings. The van der Waals surface area contributed by atoms with Crippen molar-refractivity contribution in [3.63, 3.8) is 0 Å². The van der Waals surface area contributed by atoms with Gasteiger partial charge in [-0.1, -0.05) is 40.3 Å². The Morgan fingerprint density at radius 2 is 1.79 bits per heavy atom. The first-order valence-corrected chi connectivity index (χ1v) is 4.99. The smallest absolute Gasteiger partial charge is 0 e. The summed E-state index contributed by atoms with van der Waals surface area (Å²) >= 11 is 1.68. The fourth-order valence-corrected chi connectivity index (χ4v) is 1.87. The van der Waals surface area contributed by atoms with Crippen LogP contribution in [0.15, 0.2) is 24.3 Å². The molecule has 0 aliphatic heterocycles. The molecule has 1 heterocycles. The van der Waals surface area contributed by atoms with Crippen molar-refractivity contribution in [3.8, 4) is 10.6 Å². The van der Waals surface area contributed by atoms with E-state index in [1.807, 2.05) is 6.92 Å². The third kappa shape index (κ3) is 2.72. The second kappa shape index (κ2) is 5.15. The minimum absolute atomic E-state index is 0. The second-order valence-corrected chi connectivity index (χ2v) is 4.26. The number of benzene rings is 1. The number of thiazole rings is 1. The van der Waals surface area contributed by atoms with Crippen LogP contribution < -0.4 is 0 Å². The maximum atomic E-state index is 4.21. The molecule has 0 aliphatic carbocycles. The molecule has 0 saturated heterocycles. The third-order valence-electron chi connectivity index (χ3n) is 1.86. The Labute approximate surface area is 113 Å². The van der Waals surface area contributed by atoms with E-state index >= 15 is 0 Å². The molecule has 0 bridgehead atoms. The van der Waals surface area contributed by atoms with Gasteiger partial charge in [0, 0.05) is 32.7 Å². The average Bonchev–Trinajstić information content (AvgIpc) is 2.53. The van der Waals surface area contributed by atoms with Gasteiger partial charge in [-0.3, -0.25) is 0 Å². The summed E-state index contributed by atoms with van der Waals surface area (Å²) in [7, 11) is 0. The van der Waals surface area contributed by atoms with E-state index in [0.717, 1.165) is 9.88 Å². The SMILES string of the molecule is Cc1ccc(-c2n[c-]c(C)s2)cc1.[Y]. The van der Waals surface area contributed by atoms with Crippen molar-refractivity contribution in [2.24, 2.45) is 0 Å². The van der Waals surface area contributed by atoms with E-state index in [-0.39, 0.29) is 32.7 Å².